The Hall–Kier alpha value is -2.05. The number of hydrogen-bond acceptors (Lipinski definition) is 0. The van der Waals surface area contributed by atoms with Crippen LogP contribution in [0.15, 0.2) is 72.8 Å². The van der Waals surface area contributed by atoms with Gasteiger partial charge in [-0.05, 0) is 16.7 Å². The van der Waals surface area contributed by atoms with Gasteiger partial charge in [-0.3, -0.25) is 0 Å². The van der Waals surface area contributed by atoms with Crippen molar-refractivity contribution in [1.29, 1.82) is 0 Å². The van der Waals surface area contributed by atoms with Gasteiger partial charge in [0.25, 0.3) is 0 Å². The highest BCUT2D eigenvalue weighted by atomic mass is 35.5. The van der Waals surface area contributed by atoms with E-state index in [1.807, 2.05) is 36.4 Å². The van der Waals surface area contributed by atoms with E-state index < -0.39 is 0 Å². The van der Waals surface area contributed by atoms with Gasteiger partial charge in [-0.25, -0.2) is 0 Å². The van der Waals surface area contributed by atoms with Crippen molar-refractivity contribution in [2.75, 3.05) is 0 Å². The Balaban J connectivity index is 1.98. The van der Waals surface area contributed by atoms with Crippen LogP contribution in [0.4, 0.5) is 0 Å². The minimum atomic E-state index is 0.662. The summed E-state index contributed by atoms with van der Waals surface area (Å²) in [5.41, 5.74) is 4.56. The predicted molar refractivity (Wildman–Crippen MR) is 81.2 cm³/mol. The zero-order chi connectivity index (χ0) is 13.1. The van der Waals surface area contributed by atoms with Crippen LogP contribution >= 0.6 is 11.6 Å². The Morgan fingerprint density at radius 3 is 1.95 bits per heavy atom. The highest BCUT2D eigenvalue weighted by molar-refractivity contribution is 6.33. The summed E-state index contributed by atoms with van der Waals surface area (Å²) in [6.45, 7) is 0. The predicted octanol–water partition coefficient (Wildman–Crippen LogP) is 5.47. The Bertz CT molecular complexity index is 670. The molecule has 0 heterocycles. The Morgan fingerprint density at radius 1 is 0.632 bits per heavy atom. The van der Waals surface area contributed by atoms with Gasteiger partial charge in [-0.2, -0.15) is 0 Å². The molecule has 3 aromatic rings. The van der Waals surface area contributed by atoms with E-state index in [-0.39, 0.29) is 0 Å². The van der Waals surface area contributed by atoms with Gasteiger partial charge in [0.15, 0.2) is 0 Å². The Morgan fingerprint density at radius 2 is 1.26 bits per heavy atom. The van der Waals surface area contributed by atoms with Crippen LogP contribution in [-0.4, -0.2) is 0 Å². The largest absolute Gasteiger partial charge is 0.0830 e. The molecular formula is C18H12Cl. The molecular weight excluding hydrogens is 252 g/mol. The molecule has 0 fully saturated rings. The monoisotopic (exact) mass is 263 g/mol. The molecule has 3 aromatic carbocycles. The minimum absolute atomic E-state index is 0.662. The first-order valence-electron chi connectivity index (χ1n) is 6.17. The highest BCUT2D eigenvalue weighted by Crippen LogP contribution is 2.29. The van der Waals surface area contributed by atoms with Crippen LogP contribution in [0.2, 0.25) is 5.02 Å². The fourth-order valence-electron chi connectivity index (χ4n) is 2.11. The molecule has 0 bridgehead atoms. The third kappa shape index (κ3) is 2.54. The molecule has 91 valence electrons. The molecule has 0 spiro atoms. The lowest BCUT2D eigenvalue weighted by molar-refractivity contribution is 1.58. The molecule has 1 radical (unpaired) electrons. The van der Waals surface area contributed by atoms with Crippen LogP contribution in [0.5, 0.6) is 0 Å². The average Bonchev–Trinajstić information content (AvgIpc) is 2.49. The first kappa shape index (κ1) is 12.0. The molecule has 0 nitrogen and oxygen atoms in total. The molecule has 0 aliphatic heterocycles. The van der Waals surface area contributed by atoms with Gasteiger partial charge in [0, 0.05) is 11.6 Å². The summed E-state index contributed by atoms with van der Waals surface area (Å²) in [7, 11) is 0. The van der Waals surface area contributed by atoms with E-state index in [0.29, 0.717) is 5.02 Å². The second kappa shape index (κ2) is 5.29. The maximum atomic E-state index is 6.16. The van der Waals surface area contributed by atoms with Crippen LogP contribution in [-0.2, 0) is 0 Å². The molecule has 3 rings (SSSR count). The molecule has 0 aliphatic carbocycles. The highest BCUT2D eigenvalue weighted by Gasteiger charge is 2.03. The van der Waals surface area contributed by atoms with Gasteiger partial charge >= 0.3 is 0 Å². The van der Waals surface area contributed by atoms with Crippen LogP contribution in [0.3, 0.4) is 0 Å². The standard InChI is InChI=1S/C18H12Cl/c19-18-9-5-4-8-17(18)16-12-10-15(11-13-16)14-6-2-1-3-7-14/h1-8,10-13H. The zero-order valence-electron chi connectivity index (χ0n) is 10.3. The molecule has 0 N–H and O–H groups in total. The van der Waals surface area contributed by atoms with Crippen molar-refractivity contribution in [2.24, 2.45) is 0 Å². The zero-order valence-corrected chi connectivity index (χ0v) is 11.1. The second-order valence-corrected chi connectivity index (χ2v) is 4.72. The maximum Gasteiger partial charge on any atom is 0.0563 e. The minimum Gasteiger partial charge on any atom is -0.0830 e. The summed E-state index contributed by atoms with van der Waals surface area (Å²) >= 11 is 6.16. The van der Waals surface area contributed by atoms with E-state index in [0.717, 1.165) is 11.1 Å². The SMILES string of the molecule is Clc1[c]cccc1-c1ccc(-c2ccccc2)cc1. The first-order chi connectivity index (χ1) is 9.34. The van der Waals surface area contributed by atoms with Gasteiger partial charge in [-0.15, -0.1) is 0 Å². The van der Waals surface area contributed by atoms with E-state index >= 15 is 0 Å². The van der Waals surface area contributed by atoms with Gasteiger partial charge in [-0.1, -0.05) is 84.4 Å². The summed E-state index contributed by atoms with van der Waals surface area (Å²) in [4.78, 5) is 0. The first-order valence-corrected chi connectivity index (χ1v) is 6.54. The van der Waals surface area contributed by atoms with Gasteiger partial charge in [0.1, 0.15) is 0 Å². The van der Waals surface area contributed by atoms with Gasteiger partial charge in [0.05, 0.1) is 5.02 Å². The summed E-state index contributed by atoms with van der Waals surface area (Å²) < 4.78 is 0. The average molecular weight is 264 g/mol. The molecule has 0 unspecified atom stereocenters. The van der Waals surface area contributed by atoms with E-state index in [9.17, 15) is 0 Å². The van der Waals surface area contributed by atoms with Crippen LogP contribution in [0, 0.1) is 6.07 Å². The third-order valence-electron chi connectivity index (χ3n) is 3.11. The van der Waals surface area contributed by atoms with Crippen LogP contribution < -0.4 is 0 Å². The Labute approximate surface area is 118 Å². The van der Waals surface area contributed by atoms with Gasteiger partial charge < -0.3 is 0 Å². The van der Waals surface area contributed by atoms with Crippen molar-refractivity contribution in [3.8, 4) is 22.3 Å². The van der Waals surface area contributed by atoms with E-state index in [1.54, 1.807) is 0 Å². The summed E-state index contributed by atoms with van der Waals surface area (Å²) in [6.07, 6.45) is 0. The summed E-state index contributed by atoms with van der Waals surface area (Å²) in [5.74, 6) is 0. The lowest BCUT2D eigenvalue weighted by Crippen LogP contribution is -1.81. The molecule has 0 aromatic heterocycles. The van der Waals surface area contributed by atoms with Crippen molar-refractivity contribution in [3.05, 3.63) is 83.9 Å². The number of hydrogen-bond donors (Lipinski definition) is 0. The molecule has 0 atom stereocenters. The van der Waals surface area contributed by atoms with Crippen molar-refractivity contribution in [2.45, 2.75) is 0 Å². The summed E-state index contributed by atoms with van der Waals surface area (Å²) in [5, 5.41) is 0.662. The smallest absolute Gasteiger partial charge is 0.0563 e. The van der Waals surface area contributed by atoms with Crippen LogP contribution in [0.1, 0.15) is 0 Å². The maximum absolute atomic E-state index is 6.16. The quantitative estimate of drug-likeness (QED) is 0.575. The molecule has 0 amide bonds. The van der Waals surface area contributed by atoms with Crippen molar-refractivity contribution in [3.63, 3.8) is 0 Å². The van der Waals surface area contributed by atoms with Crippen molar-refractivity contribution < 1.29 is 0 Å². The normalized spacial score (nSPS) is 10.4. The van der Waals surface area contributed by atoms with Crippen molar-refractivity contribution >= 4 is 11.6 Å². The fourth-order valence-corrected chi connectivity index (χ4v) is 2.35. The van der Waals surface area contributed by atoms with Crippen LogP contribution in [0.25, 0.3) is 22.3 Å². The number of benzene rings is 3. The number of halogens is 1. The van der Waals surface area contributed by atoms with E-state index in [4.69, 9.17) is 11.6 Å². The molecule has 0 saturated carbocycles. The second-order valence-electron chi connectivity index (χ2n) is 4.34. The third-order valence-corrected chi connectivity index (χ3v) is 3.42. The molecule has 0 saturated heterocycles. The lowest BCUT2D eigenvalue weighted by Gasteiger charge is -2.06. The van der Waals surface area contributed by atoms with Gasteiger partial charge in [0.2, 0.25) is 0 Å². The number of rotatable bonds is 2. The van der Waals surface area contributed by atoms with E-state index in [1.165, 1.54) is 11.1 Å². The molecule has 0 aliphatic rings. The molecule has 1 heteroatoms. The Kier molecular flexibility index (Phi) is 3.35. The summed E-state index contributed by atoms with van der Waals surface area (Å²) in [6, 6.07) is 27.6. The topological polar surface area (TPSA) is 0 Å². The fraction of sp³-hybridized carbons (Fsp3) is 0. The van der Waals surface area contributed by atoms with E-state index in [2.05, 4.69) is 42.5 Å². The lowest BCUT2D eigenvalue weighted by atomic mass is 10.0. The molecule has 19 heavy (non-hydrogen) atoms. The van der Waals surface area contributed by atoms with Crippen molar-refractivity contribution in [1.82, 2.24) is 0 Å².